The van der Waals surface area contributed by atoms with Crippen molar-refractivity contribution in [3.63, 3.8) is 0 Å². The highest BCUT2D eigenvalue weighted by Gasteiger charge is 2.33. The van der Waals surface area contributed by atoms with E-state index in [1.54, 1.807) is 0 Å². The van der Waals surface area contributed by atoms with Gasteiger partial charge in [-0.2, -0.15) is 0 Å². The van der Waals surface area contributed by atoms with Crippen molar-refractivity contribution in [1.29, 1.82) is 0 Å². The van der Waals surface area contributed by atoms with Crippen LogP contribution in [-0.4, -0.2) is 94.9 Å². The summed E-state index contributed by atoms with van der Waals surface area (Å²) in [4.78, 5) is 7.66. The number of likely N-dealkylation sites (tertiary alicyclic amines) is 1. The summed E-state index contributed by atoms with van der Waals surface area (Å²) in [5.41, 5.74) is 0. The molecule has 0 aromatic rings. The summed E-state index contributed by atoms with van der Waals surface area (Å²) < 4.78 is 0. The molecular weight excluding hydrogens is 324 g/mol. The fourth-order valence-corrected chi connectivity index (χ4v) is 4.63. The first-order valence-electron chi connectivity index (χ1n) is 10.9. The van der Waals surface area contributed by atoms with Crippen molar-refractivity contribution in [1.82, 2.24) is 20.0 Å². The third kappa shape index (κ3) is 5.90. The summed E-state index contributed by atoms with van der Waals surface area (Å²) >= 11 is 0. The molecule has 5 atom stereocenters. The molecule has 26 heavy (non-hydrogen) atoms. The Morgan fingerprint density at radius 3 is 2.08 bits per heavy atom. The van der Waals surface area contributed by atoms with Gasteiger partial charge in [-0.1, -0.05) is 0 Å². The van der Waals surface area contributed by atoms with E-state index in [2.05, 4.69) is 68.5 Å². The molecule has 0 radical (unpaired) electrons. The standard InChI is InChI=1S/C21H44N4O/c1-15(2)23-10-11-25(19(7)12-23)18(6)9-8-17(5)22-20-13-24(16(3)4)14-21(20)26/h15-22,26H,8-14H2,1-7H3/t17?,18?,19-,20+,21+/m1/s1. The van der Waals surface area contributed by atoms with Gasteiger partial charge in [0.1, 0.15) is 0 Å². The predicted octanol–water partition coefficient (Wildman–Crippen LogP) is 2.00. The summed E-state index contributed by atoms with van der Waals surface area (Å²) in [6.07, 6.45) is 2.15. The number of piperazine rings is 1. The molecule has 0 aliphatic carbocycles. The minimum absolute atomic E-state index is 0.219. The van der Waals surface area contributed by atoms with Crippen molar-refractivity contribution >= 4 is 0 Å². The quantitative estimate of drug-likeness (QED) is 0.686. The average molecular weight is 369 g/mol. The second-order valence-corrected chi connectivity index (χ2v) is 9.39. The van der Waals surface area contributed by atoms with E-state index in [0.29, 0.717) is 30.2 Å². The summed E-state index contributed by atoms with van der Waals surface area (Å²) in [5.74, 6) is 0. The van der Waals surface area contributed by atoms with Crippen LogP contribution in [0.15, 0.2) is 0 Å². The van der Waals surface area contributed by atoms with E-state index < -0.39 is 0 Å². The Kier molecular flexibility index (Phi) is 8.35. The van der Waals surface area contributed by atoms with Gasteiger partial charge < -0.3 is 10.4 Å². The van der Waals surface area contributed by atoms with E-state index in [0.717, 1.165) is 13.1 Å². The Morgan fingerprint density at radius 2 is 1.54 bits per heavy atom. The molecule has 154 valence electrons. The number of nitrogens with zero attached hydrogens (tertiary/aromatic N) is 3. The monoisotopic (exact) mass is 368 g/mol. The van der Waals surface area contributed by atoms with Crippen LogP contribution in [0.1, 0.15) is 61.3 Å². The Bertz CT molecular complexity index is 417. The lowest BCUT2D eigenvalue weighted by atomic mass is 10.0. The number of β-amino-alcohol motifs (C(OH)–C–C–N with tert-alkyl or cyclic N) is 1. The largest absolute Gasteiger partial charge is 0.390 e. The van der Waals surface area contributed by atoms with Crippen LogP contribution in [0.5, 0.6) is 0 Å². The van der Waals surface area contributed by atoms with Crippen LogP contribution in [0.4, 0.5) is 0 Å². The van der Waals surface area contributed by atoms with Gasteiger partial charge in [0.15, 0.2) is 0 Å². The van der Waals surface area contributed by atoms with E-state index in [9.17, 15) is 5.11 Å². The number of aliphatic hydroxyl groups is 1. The van der Waals surface area contributed by atoms with Gasteiger partial charge in [-0.15, -0.1) is 0 Å². The lowest BCUT2D eigenvalue weighted by molar-refractivity contribution is 0.0359. The van der Waals surface area contributed by atoms with Gasteiger partial charge in [-0.3, -0.25) is 14.7 Å². The van der Waals surface area contributed by atoms with Gasteiger partial charge in [-0.25, -0.2) is 0 Å². The highest BCUT2D eigenvalue weighted by Crippen LogP contribution is 2.19. The molecule has 2 heterocycles. The van der Waals surface area contributed by atoms with Crippen molar-refractivity contribution in [3.8, 4) is 0 Å². The number of rotatable bonds is 8. The van der Waals surface area contributed by atoms with Gasteiger partial charge in [0.25, 0.3) is 0 Å². The average Bonchev–Trinajstić information content (AvgIpc) is 2.93. The van der Waals surface area contributed by atoms with Gasteiger partial charge in [0, 0.05) is 69.0 Å². The van der Waals surface area contributed by atoms with Crippen molar-refractivity contribution in [3.05, 3.63) is 0 Å². The zero-order valence-electron chi connectivity index (χ0n) is 18.3. The van der Waals surface area contributed by atoms with Crippen LogP contribution in [-0.2, 0) is 0 Å². The molecule has 0 bridgehead atoms. The van der Waals surface area contributed by atoms with Gasteiger partial charge in [-0.05, 0) is 61.3 Å². The van der Waals surface area contributed by atoms with Crippen LogP contribution in [0.3, 0.4) is 0 Å². The van der Waals surface area contributed by atoms with Crippen molar-refractivity contribution in [2.24, 2.45) is 0 Å². The van der Waals surface area contributed by atoms with Crippen molar-refractivity contribution < 1.29 is 5.11 Å². The zero-order valence-corrected chi connectivity index (χ0v) is 18.3. The minimum Gasteiger partial charge on any atom is -0.390 e. The molecule has 2 unspecified atom stereocenters. The van der Waals surface area contributed by atoms with Gasteiger partial charge >= 0.3 is 0 Å². The van der Waals surface area contributed by atoms with E-state index in [4.69, 9.17) is 0 Å². The van der Waals surface area contributed by atoms with E-state index in [-0.39, 0.29) is 12.1 Å². The lowest BCUT2D eigenvalue weighted by Crippen LogP contribution is -2.56. The summed E-state index contributed by atoms with van der Waals surface area (Å²) in [5, 5.41) is 14.0. The normalized spacial score (nSPS) is 31.8. The second kappa shape index (κ2) is 9.83. The van der Waals surface area contributed by atoms with Crippen LogP contribution in [0.25, 0.3) is 0 Å². The molecular formula is C21H44N4O. The molecule has 2 aliphatic heterocycles. The minimum atomic E-state index is -0.235. The molecule has 5 nitrogen and oxygen atoms in total. The number of aliphatic hydroxyl groups excluding tert-OH is 1. The highest BCUT2D eigenvalue weighted by molar-refractivity contribution is 4.92. The smallest absolute Gasteiger partial charge is 0.0832 e. The summed E-state index contributed by atoms with van der Waals surface area (Å²) in [7, 11) is 0. The Balaban J connectivity index is 1.72. The van der Waals surface area contributed by atoms with E-state index in [1.807, 2.05) is 0 Å². The van der Waals surface area contributed by atoms with E-state index in [1.165, 1.54) is 32.5 Å². The third-order valence-corrected chi connectivity index (χ3v) is 6.57. The fraction of sp³-hybridized carbons (Fsp3) is 1.00. The number of hydrogen-bond acceptors (Lipinski definition) is 5. The maximum atomic E-state index is 10.3. The topological polar surface area (TPSA) is 42.0 Å². The zero-order chi connectivity index (χ0) is 19.4. The first-order valence-corrected chi connectivity index (χ1v) is 10.9. The molecule has 0 aromatic carbocycles. The highest BCUT2D eigenvalue weighted by atomic mass is 16.3. The predicted molar refractivity (Wildman–Crippen MR) is 111 cm³/mol. The lowest BCUT2D eigenvalue weighted by Gasteiger charge is -2.44. The SMILES string of the molecule is CC(CCC(C)N1CCN(C(C)C)C[C@H]1C)N[C@H]1CN(C(C)C)C[C@@H]1O. The first kappa shape index (κ1) is 22.1. The number of hydrogen-bond donors (Lipinski definition) is 2. The van der Waals surface area contributed by atoms with Crippen LogP contribution in [0.2, 0.25) is 0 Å². The Labute approximate surface area is 162 Å². The maximum Gasteiger partial charge on any atom is 0.0832 e. The summed E-state index contributed by atoms with van der Waals surface area (Å²) in [6.45, 7) is 21.4. The molecule has 5 heteroatoms. The molecule has 0 amide bonds. The molecule has 2 rings (SSSR count). The van der Waals surface area contributed by atoms with Crippen molar-refractivity contribution in [2.45, 2.75) is 104 Å². The first-order chi connectivity index (χ1) is 12.2. The summed E-state index contributed by atoms with van der Waals surface area (Å²) in [6, 6.07) is 3.11. The molecule has 2 aliphatic rings. The van der Waals surface area contributed by atoms with Crippen LogP contribution >= 0.6 is 0 Å². The maximum absolute atomic E-state index is 10.3. The van der Waals surface area contributed by atoms with Crippen LogP contribution in [0, 0.1) is 0 Å². The Morgan fingerprint density at radius 1 is 0.885 bits per heavy atom. The number of nitrogens with one attached hydrogen (secondary N) is 1. The Hall–Kier alpha value is -0.200. The van der Waals surface area contributed by atoms with E-state index >= 15 is 0 Å². The molecule has 2 saturated heterocycles. The fourth-order valence-electron chi connectivity index (χ4n) is 4.63. The van der Waals surface area contributed by atoms with Gasteiger partial charge in [0.05, 0.1) is 6.10 Å². The van der Waals surface area contributed by atoms with Crippen molar-refractivity contribution in [2.75, 3.05) is 32.7 Å². The molecule has 0 spiro atoms. The second-order valence-electron chi connectivity index (χ2n) is 9.39. The van der Waals surface area contributed by atoms with Gasteiger partial charge in [0.2, 0.25) is 0 Å². The van der Waals surface area contributed by atoms with Crippen LogP contribution < -0.4 is 5.32 Å². The molecule has 0 aromatic heterocycles. The molecule has 2 N–H and O–H groups in total. The third-order valence-electron chi connectivity index (χ3n) is 6.57. The molecule has 0 saturated carbocycles. The molecule has 2 fully saturated rings.